The van der Waals surface area contributed by atoms with E-state index in [1.54, 1.807) is 4.68 Å². The topological polar surface area (TPSA) is 56.1 Å². The van der Waals surface area contributed by atoms with Gasteiger partial charge < -0.3 is 10.1 Å². The fourth-order valence-electron chi connectivity index (χ4n) is 3.22. The zero-order valence-corrected chi connectivity index (χ0v) is 18.6. The average Bonchev–Trinajstić information content (AvgIpc) is 3.22. The van der Waals surface area contributed by atoms with Crippen molar-refractivity contribution in [2.24, 2.45) is 0 Å². The Morgan fingerprint density at radius 1 is 1.00 bits per heavy atom. The molecule has 1 aromatic heterocycles. The van der Waals surface area contributed by atoms with Gasteiger partial charge in [0.2, 0.25) is 0 Å². The number of carbonyl (C=O) groups excluding carboxylic acids is 1. The van der Waals surface area contributed by atoms with Gasteiger partial charge in [-0.05, 0) is 42.8 Å². The summed E-state index contributed by atoms with van der Waals surface area (Å²) < 4.78 is 8.61. The van der Waals surface area contributed by atoms with Crippen molar-refractivity contribution >= 4 is 27.7 Å². The van der Waals surface area contributed by atoms with Crippen molar-refractivity contribution in [2.45, 2.75) is 19.4 Å². The highest BCUT2D eigenvalue weighted by molar-refractivity contribution is 9.10. The Morgan fingerprint density at radius 2 is 1.71 bits per heavy atom. The summed E-state index contributed by atoms with van der Waals surface area (Å²) in [6.07, 6.45) is -0.0746. The summed E-state index contributed by atoms with van der Waals surface area (Å²) in [6, 6.07) is 28.9. The summed E-state index contributed by atoms with van der Waals surface area (Å²) in [4.78, 5) is 13.0. The first kappa shape index (κ1) is 20.9. The minimum absolute atomic E-state index is 0.218. The summed E-state index contributed by atoms with van der Waals surface area (Å²) in [5, 5.41) is 7.76. The van der Waals surface area contributed by atoms with Gasteiger partial charge in [-0.15, -0.1) is 0 Å². The van der Waals surface area contributed by atoms with E-state index in [4.69, 9.17) is 9.84 Å². The third-order valence-corrected chi connectivity index (χ3v) is 5.26. The van der Waals surface area contributed by atoms with Crippen LogP contribution in [0.1, 0.15) is 13.3 Å². The fourth-order valence-corrected chi connectivity index (χ4v) is 3.62. The van der Waals surface area contributed by atoms with Gasteiger partial charge >= 0.3 is 0 Å². The fraction of sp³-hybridized carbons (Fsp3) is 0.120. The molecule has 1 amide bonds. The van der Waals surface area contributed by atoms with E-state index in [-0.39, 0.29) is 5.91 Å². The Balaban J connectivity index is 1.65. The van der Waals surface area contributed by atoms with Gasteiger partial charge in [-0.25, -0.2) is 4.68 Å². The van der Waals surface area contributed by atoms with Crippen LogP contribution in [-0.4, -0.2) is 21.8 Å². The number of para-hydroxylation sites is 2. The van der Waals surface area contributed by atoms with Crippen LogP contribution in [0.15, 0.2) is 95.5 Å². The molecule has 0 aliphatic carbocycles. The minimum Gasteiger partial charge on any atom is -0.481 e. The Morgan fingerprint density at radius 3 is 2.39 bits per heavy atom. The van der Waals surface area contributed by atoms with Crippen LogP contribution in [0.25, 0.3) is 16.9 Å². The Kier molecular flexibility index (Phi) is 6.48. The molecule has 0 unspecified atom stereocenters. The zero-order chi connectivity index (χ0) is 21.6. The molecule has 1 N–H and O–H groups in total. The van der Waals surface area contributed by atoms with E-state index in [9.17, 15) is 4.79 Å². The van der Waals surface area contributed by atoms with Crippen LogP contribution in [0, 0.1) is 0 Å². The van der Waals surface area contributed by atoms with Gasteiger partial charge in [0.05, 0.1) is 11.4 Å². The Hall–Kier alpha value is -3.38. The largest absolute Gasteiger partial charge is 0.481 e. The minimum atomic E-state index is -0.615. The number of halogens is 1. The van der Waals surface area contributed by atoms with Gasteiger partial charge in [0.15, 0.2) is 6.10 Å². The van der Waals surface area contributed by atoms with Crippen molar-refractivity contribution in [1.82, 2.24) is 9.78 Å². The van der Waals surface area contributed by atoms with E-state index in [1.165, 1.54) is 0 Å². The smallest absolute Gasteiger partial charge is 0.266 e. The summed E-state index contributed by atoms with van der Waals surface area (Å²) in [6.45, 7) is 1.93. The van der Waals surface area contributed by atoms with Crippen LogP contribution in [0.2, 0.25) is 0 Å². The molecule has 31 heavy (non-hydrogen) atoms. The summed E-state index contributed by atoms with van der Waals surface area (Å²) in [5.41, 5.74) is 2.57. The molecular weight excluding hydrogens is 454 g/mol. The van der Waals surface area contributed by atoms with Crippen LogP contribution in [0.3, 0.4) is 0 Å². The number of anilines is 1. The molecule has 0 radical (unpaired) electrons. The lowest BCUT2D eigenvalue weighted by Crippen LogP contribution is -2.33. The predicted octanol–water partition coefficient (Wildman–Crippen LogP) is 6.10. The lowest BCUT2D eigenvalue weighted by atomic mass is 10.1. The number of rotatable bonds is 7. The molecule has 1 heterocycles. The second-order valence-electron chi connectivity index (χ2n) is 6.99. The van der Waals surface area contributed by atoms with Crippen LogP contribution in [0.4, 0.5) is 5.82 Å². The second kappa shape index (κ2) is 9.62. The second-order valence-corrected chi connectivity index (χ2v) is 7.91. The standard InChI is InChI=1S/C25H22BrN3O2/c1-2-23(31-21-14-7-4-8-15-21)25(30)27-24-17-22(18-10-9-11-19(26)16-18)28-29(24)20-12-5-3-6-13-20/h3-17,23H,2H2,1H3,(H,27,30)/t23-/m0/s1. The quantitative estimate of drug-likeness (QED) is 0.351. The van der Waals surface area contributed by atoms with Crippen molar-refractivity contribution in [2.75, 3.05) is 5.32 Å². The molecule has 0 aliphatic heterocycles. The maximum Gasteiger partial charge on any atom is 0.266 e. The van der Waals surface area contributed by atoms with Crippen LogP contribution < -0.4 is 10.1 Å². The molecule has 0 saturated heterocycles. The third kappa shape index (κ3) is 5.03. The molecule has 1 atom stereocenters. The number of nitrogens with one attached hydrogen (secondary N) is 1. The number of ether oxygens (including phenoxy) is 1. The molecule has 0 saturated carbocycles. The van der Waals surface area contributed by atoms with Crippen molar-refractivity contribution in [3.05, 3.63) is 95.5 Å². The number of nitrogens with zero attached hydrogens (tertiary/aromatic N) is 2. The molecular formula is C25H22BrN3O2. The molecule has 0 bridgehead atoms. The molecule has 3 aromatic carbocycles. The van der Waals surface area contributed by atoms with Crippen LogP contribution in [-0.2, 0) is 4.79 Å². The van der Waals surface area contributed by atoms with Crippen molar-refractivity contribution in [3.8, 4) is 22.7 Å². The third-order valence-electron chi connectivity index (χ3n) is 4.77. The van der Waals surface area contributed by atoms with Crippen molar-refractivity contribution in [1.29, 1.82) is 0 Å². The van der Waals surface area contributed by atoms with Gasteiger partial charge in [-0.3, -0.25) is 4.79 Å². The van der Waals surface area contributed by atoms with E-state index in [0.29, 0.717) is 18.0 Å². The number of aromatic nitrogens is 2. The van der Waals surface area contributed by atoms with Gasteiger partial charge in [-0.2, -0.15) is 5.10 Å². The average molecular weight is 476 g/mol. The SMILES string of the molecule is CC[C@H](Oc1ccccc1)C(=O)Nc1cc(-c2cccc(Br)c2)nn1-c1ccccc1. The lowest BCUT2D eigenvalue weighted by molar-refractivity contribution is -0.122. The van der Waals surface area contributed by atoms with E-state index in [0.717, 1.165) is 21.4 Å². The van der Waals surface area contributed by atoms with E-state index >= 15 is 0 Å². The molecule has 156 valence electrons. The first-order valence-electron chi connectivity index (χ1n) is 10.1. The number of hydrogen-bond donors (Lipinski definition) is 1. The van der Waals surface area contributed by atoms with E-state index in [1.807, 2.05) is 97.9 Å². The van der Waals surface area contributed by atoms with Crippen molar-refractivity contribution < 1.29 is 9.53 Å². The summed E-state index contributed by atoms with van der Waals surface area (Å²) in [5.74, 6) is 1.03. The number of amides is 1. The maximum absolute atomic E-state index is 13.0. The summed E-state index contributed by atoms with van der Waals surface area (Å²) >= 11 is 3.51. The molecule has 5 nitrogen and oxygen atoms in total. The number of carbonyl (C=O) groups is 1. The molecule has 0 aliphatic rings. The maximum atomic E-state index is 13.0. The lowest BCUT2D eigenvalue weighted by Gasteiger charge is -2.17. The summed E-state index contributed by atoms with van der Waals surface area (Å²) in [7, 11) is 0. The molecule has 6 heteroatoms. The van der Waals surface area contributed by atoms with Gasteiger partial charge in [-0.1, -0.05) is 71.4 Å². The molecule has 0 fully saturated rings. The van der Waals surface area contributed by atoms with E-state index < -0.39 is 6.10 Å². The number of benzene rings is 3. The zero-order valence-electron chi connectivity index (χ0n) is 17.0. The van der Waals surface area contributed by atoms with Gasteiger partial charge in [0.25, 0.3) is 5.91 Å². The van der Waals surface area contributed by atoms with Crippen molar-refractivity contribution in [3.63, 3.8) is 0 Å². The molecule has 4 aromatic rings. The van der Waals surface area contributed by atoms with Crippen LogP contribution in [0.5, 0.6) is 5.75 Å². The monoisotopic (exact) mass is 475 g/mol. The van der Waals surface area contributed by atoms with Gasteiger partial charge in [0, 0.05) is 16.1 Å². The molecule has 4 rings (SSSR count). The highest BCUT2D eigenvalue weighted by Gasteiger charge is 2.21. The first-order chi connectivity index (χ1) is 15.1. The normalized spacial score (nSPS) is 11.7. The Labute approximate surface area is 189 Å². The highest BCUT2D eigenvalue weighted by Crippen LogP contribution is 2.27. The Bertz CT molecular complexity index is 1160. The number of hydrogen-bond acceptors (Lipinski definition) is 3. The first-order valence-corrected chi connectivity index (χ1v) is 10.9. The predicted molar refractivity (Wildman–Crippen MR) is 126 cm³/mol. The van der Waals surface area contributed by atoms with E-state index in [2.05, 4.69) is 21.2 Å². The van der Waals surface area contributed by atoms with Gasteiger partial charge in [0.1, 0.15) is 11.6 Å². The van der Waals surface area contributed by atoms with Crippen LogP contribution >= 0.6 is 15.9 Å². The molecule has 0 spiro atoms. The highest BCUT2D eigenvalue weighted by atomic mass is 79.9.